The molecule has 0 aromatic heterocycles. The minimum atomic E-state index is -0.874. The van der Waals surface area contributed by atoms with Gasteiger partial charge in [-0.1, -0.05) is 0 Å². The zero-order chi connectivity index (χ0) is 21.2. The number of piperidine rings is 2. The van der Waals surface area contributed by atoms with E-state index in [4.69, 9.17) is 0 Å². The van der Waals surface area contributed by atoms with Gasteiger partial charge in [0.1, 0.15) is 0 Å². The Morgan fingerprint density at radius 1 is 0.742 bits per heavy atom. The highest BCUT2D eigenvalue weighted by molar-refractivity contribution is 5.77. The molecular formula is C23H40I2N2O4. The van der Waals surface area contributed by atoms with Crippen molar-refractivity contribution in [3.05, 3.63) is 0 Å². The Morgan fingerprint density at radius 3 is 1.32 bits per heavy atom. The molecule has 0 aromatic carbocycles. The van der Waals surface area contributed by atoms with Gasteiger partial charge in [0.05, 0.1) is 57.8 Å². The molecule has 4 rings (SSSR count). The van der Waals surface area contributed by atoms with Gasteiger partial charge < -0.3 is 67.1 Å². The maximum Gasteiger partial charge on any atom is 0.310 e. The summed E-state index contributed by atoms with van der Waals surface area (Å²) in [6.45, 7) is 0. The van der Waals surface area contributed by atoms with Gasteiger partial charge in [-0.2, -0.15) is 0 Å². The highest BCUT2D eigenvalue weighted by atomic mass is 127. The van der Waals surface area contributed by atoms with Crippen LogP contribution in [-0.2, 0) is 9.59 Å². The summed E-state index contributed by atoms with van der Waals surface area (Å²) in [5.41, 5.74) is -0.874. The first kappa shape index (κ1) is 27.6. The number of aliphatic carboxylic acids is 2. The molecular weight excluding hydrogens is 622 g/mol. The topological polar surface area (TPSA) is 74.6 Å². The second-order valence-electron chi connectivity index (χ2n) is 11.6. The van der Waals surface area contributed by atoms with Gasteiger partial charge in [-0.25, -0.2) is 0 Å². The lowest BCUT2D eigenvalue weighted by Gasteiger charge is -2.54. The molecule has 4 aliphatic heterocycles. The van der Waals surface area contributed by atoms with Crippen LogP contribution in [0.25, 0.3) is 0 Å². The van der Waals surface area contributed by atoms with E-state index in [2.05, 4.69) is 28.2 Å². The van der Waals surface area contributed by atoms with Gasteiger partial charge >= 0.3 is 11.9 Å². The fraction of sp³-hybridized carbons (Fsp3) is 0.913. The molecule has 4 unspecified atom stereocenters. The smallest absolute Gasteiger partial charge is 0.310 e. The molecule has 180 valence electrons. The van der Waals surface area contributed by atoms with Crippen molar-refractivity contribution in [1.82, 2.24) is 0 Å². The third-order valence-corrected chi connectivity index (χ3v) is 10.3. The molecule has 0 saturated carbocycles. The van der Waals surface area contributed by atoms with Gasteiger partial charge in [-0.15, -0.1) is 0 Å². The number of hydrogen-bond acceptors (Lipinski definition) is 2. The summed E-state index contributed by atoms with van der Waals surface area (Å²) in [5.74, 6) is -1.35. The van der Waals surface area contributed by atoms with Crippen LogP contribution in [0.5, 0.6) is 0 Å². The first-order valence-electron chi connectivity index (χ1n) is 11.6. The first-order valence-corrected chi connectivity index (χ1v) is 11.6. The van der Waals surface area contributed by atoms with Crippen LogP contribution in [0.2, 0.25) is 0 Å². The Labute approximate surface area is 221 Å². The Morgan fingerprint density at radius 2 is 1.06 bits per heavy atom. The Bertz CT molecular complexity index is 627. The van der Waals surface area contributed by atoms with Gasteiger partial charge in [-0.05, 0) is 18.3 Å². The van der Waals surface area contributed by atoms with Crippen LogP contribution >= 0.6 is 0 Å². The Kier molecular flexibility index (Phi) is 8.47. The minimum absolute atomic E-state index is 0. The molecule has 4 fully saturated rings. The van der Waals surface area contributed by atoms with Crippen molar-refractivity contribution >= 4 is 11.9 Å². The number of quaternary nitrogens is 2. The van der Waals surface area contributed by atoms with E-state index in [1.54, 1.807) is 0 Å². The number of carboxylic acids is 2. The molecule has 0 aliphatic carbocycles. The number of hydrogen-bond donors (Lipinski definition) is 2. The molecule has 6 nitrogen and oxygen atoms in total. The van der Waals surface area contributed by atoms with E-state index in [-0.39, 0.29) is 66.2 Å². The highest BCUT2D eigenvalue weighted by Gasteiger charge is 2.62. The van der Waals surface area contributed by atoms with Crippen LogP contribution < -0.4 is 48.0 Å². The molecule has 4 aliphatic rings. The lowest BCUT2D eigenvalue weighted by Crippen LogP contribution is -3.00. The van der Waals surface area contributed by atoms with Crippen LogP contribution in [0.15, 0.2) is 0 Å². The van der Waals surface area contributed by atoms with Gasteiger partial charge in [0.15, 0.2) is 0 Å². The average Bonchev–Trinajstić information content (AvgIpc) is 2.91. The molecule has 4 heterocycles. The molecule has 0 spiro atoms. The molecule has 4 atom stereocenters. The standard InChI is InChI=1S/C23H38N2O4.2HI/c1-24(2)17-5-6-18(24)12-15(11-17)23(22(28)29,10-9-21(26)27)16-13-19-7-8-20(14-16)25(19,3)4;;/h15-20H,5-14H2,1-4H3;2*1H. The van der Waals surface area contributed by atoms with Crippen molar-refractivity contribution in [1.29, 1.82) is 0 Å². The van der Waals surface area contributed by atoms with Gasteiger partial charge in [-0.3, -0.25) is 9.59 Å². The Hall–Kier alpha value is 0.320. The van der Waals surface area contributed by atoms with Crippen molar-refractivity contribution in [2.24, 2.45) is 17.3 Å². The molecule has 0 amide bonds. The average molecular weight is 662 g/mol. The third-order valence-electron chi connectivity index (χ3n) is 10.3. The summed E-state index contributed by atoms with van der Waals surface area (Å²) >= 11 is 0. The quantitative estimate of drug-likeness (QED) is 0.235. The predicted molar refractivity (Wildman–Crippen MR) is 110 cm³/mol. The van der Waals surface area contributed by atoms with E-state index in [1.165, 1.54) is 25.7 Å². The Balaban J connectivity index is 0.00000171. The fourth-order valence-corrected chi connectivity index (χ4v) is 8.11. The zero-order valence-corrected chi connectivity index (χ0v) is 23.7. The lowest BCUT2D eigenvalue weighted by molar-refractivity contribution is -0.933. The number of carboxylic acid groups (broad SMARTS) is 2. The molecule has 4 saturated heterocycles. The van der Waals surface area contributed by atoms with Crippen LogP contribution in [0.3, 0.4) is 0 Å². The van der Waals surface area contributed by atoms with E-state index in [0.717, 1.165) is 34.6 Å². The molecule has 2 N–H and O–H groups in total. The summed E-state index contributed by atoms with van der Waals surface area (Å²) in [6.07, 6.45) is 8.78. The van der Waals surface area contributed by atoms with E-state index in [1.807, 2.05) is 0 Å². The van der Waals surface area contributed by atoms with E-state index in [0.29, 0.717) is 30.6 Å². The highest BCUT2D eigenvalue weighted by Crippen LogP contribution is 2.58. The summed E-state index contributed by atoms with van der Waals surface area (Å²) in [4.78, 5) is 24.5. The van der Waals surface area contributed by atoms with Crippen LogP contribution in [0.1, 0.15) is 64.2 Å². The predicted octanol–water partition coefficient (Wildman–Crippen LogP) is -3.03. The second kappa shape index (κ2) is 9.52. The van der Waals surface area contributed by atoms with Crippen LogP contribution in [0, 0.1) is 17.3 Å². The van der Waals surface area contributed by atoms with Crippen molar-refractivity contribution < 1.29 is 76.7 Å². The zero-order valence-electron chi connectivity index (χ0n) is 19.4. The van der Waals surface area contributed by atoms with Crippen molar-refractivity contribution in [2.45, 2.75) is 88.4 Å². The molecule has 0 aromatic rings. The fourth-order valence-electron chi connectivity index (χ4n) is 8.11. The van der Waals surface area contributed by atoms with Crippen molar-refractivity contribution in [3.63, 3.8) is 0 Å². The molecule has 31 heavy (non-hydrogen) atoms. The monoisotopic (exact) mass is 662 g/mol. The molecule has 8 heteroatoms. The first-order chi connectivity index (χ1) is 13.5. The van der Waals surface area contributed by atoms with E-state index in [9.17, 15) is 19.8 Å². The number of nitrogens with zero attached hydrogens (tertiary/aromatic N) is 2. The largest absolute Gasteiger partial charge is 1.00 e. The lowest BCUT2D eigenvalue weighted by atomic mass is 9.57. The number of rotatable bonds is 6. The van der Waals surface area contributed by atoms with Crippen LogP contribution in [0.4, 0.5) is 0 Å². The van der Waals surface area contributed by atoms with Crippen molar-refractivity contribution in [3.8, 4) is 0 Å². The number of carbonyl (C=O) groups is 2. The van der Waals surface area contributed by atoms with Gasteiger partial charge in [0.25, 0.3) is 0 Å². The molecule has 4 bridgehead atoms. The number of fused-ring (bicyclic) bond motifs is 4. The molecule has 0 radical (unpaired) electrons. The van der Waals surface area contributed by atoms with Crippen molar-refractivity contribution in [2.75, 3.05) is 28.2 Å². The SMILES string of the molecule is C[N+]1(C)C2CCC1CC(C(CCC(=O)O)(C(=O)O)C1CC3CCC(C1)[N+]3(C)C)C2.[I-].[I-]. The maximum atomic E-state index is 13.0. The van der Waals surface area contributed by atoms with E-state index >= 15 is 0 Å². The normalized spacial score (nSPS) is 39.0. The van der Waals surface area contributed by atoms with Crippen LogP contribution in [-0.4, -0.2) is 83.5 Å². The summed E-state index contributed by atoms with van der Waals surface area (Å²) in [6, 6.07) is 2.09. The van der Waals surface area contributed by atoms with E-state index < -0.39 is 17.4 Å². The summed E-state index contributed by atoms with van der Waals surface area (Å²) < 4.78 is 2.04. The third kappa shape index (κ3) is 4.40. The number of halogens is 2. The second-order valence-corrected chi connectivity index (χ2v) is 11.6. The van der Waals surface area contributed by atoms with Gasteiger partial charge in [0, 0.05) is 57.8 Å². The van der Waals surface area contributed by atoms with Gasteiger partial charge in [0.2, 0.25) is 0 Å². The summed E-state index contributed by atoms with van der Waals surface area (Å²) in [5, 5.41) is 20.1. The maximum absolute atomic E-state index is 13.0. The minimum Gasteiger partial charge on any atom is -1.00 e. The summed E-state index contributed by atoms with van der Waals surface area (Å²) in [7, 11) is 9.22.